The minimum Gasteiger partial charge on any atom is -0.481 e. The molecule has 0 radical (unpaired) electrons. The van der Waals surface area contributed by atoms with Gasteiger partial charge in [-0.2, -0.15) is 0 Å². The smallest absolute Gasteiger partial charge is 0.317 e. The van der Waals surface area contributed by atoms with Crippen LogP contribution in [0.25, 0.3) is 0 Å². The molecule has 0 aromatic heterocycles. The number of carbonyl (C=O) groups excluding carboxylic acids is 1. The van der Waals surface area contributed by atoms with Crippen molar-refractivity contribution in [1.82, 2.24) is 10.2 Å². The molecule has 108 valence electrons. The lowest BCUT2D eigenvalue weighted by Gasteiger charge is -2.16. The van der Waals surface area contributed by atoms with Gasteiger partial charge in [0.1, 0.15) is 0 Å². The number of likely N-dealkylation sites (tertiary alicyclic amines) is 1. The third-order valence-electron chi connectivity index (χ3n) is 3.40. The number of hydrogen-bond acceptors (Lipinski definition) is 2. The SMILES string of the molecule is O=C(O)C1CCN(C(=O)NCCc2cccc(Br)c2)C1. The number of nitrogens with one attached hydrogen (secondary N) is 1. The number of nitrogens with zero attached hydrogens (tertiary/aromatic N) is 1. The van der Waals surface area contributed by atoms with Crippen LogP contribution in [-0.4, -0.2) is 41.6 Å². The van der Waals surface area contributed by atoms with Crippen LogP contribution in [0.15, 0.2) is 28.7 Å². The molecule has 1 aliphatic rings. The number of halogens is 1. The zero-order chi connectivity index (χ0) is 14.5. The summed E-state index contributed by atoms with van der Waals surface area (Å²) < 4.78 is 1.02. The van der Waals surface area contributed by atoms with Gasteiger partial charge in [0.05, 0.1) is 5.92 Å². The largest absolute Gasteiger partial charge is 0.481 e. The second-order valence-electron chi connectivity index (χ2n) is 4.88. The molecule has 6 heteroatoms. The third kappa shape index (κ3) is 3.96. The van der Waals surface area contributed by atoms with E-state index in [9.17, 15) is 9.59 Å². The van der Waals surface area contributed by atoms with Gasteiger partial charge in [-0.1, -0.05) is 28.1 Å². The second-order valence-corrected chi connectivity index (χ2v) is 5.80. The van der Waals surface area contributed by atoms with Crippen molar-refractivity contribution in [1.29, 1.82) is 0 Å². The van der Waals surface area contributed by atoms with Gasteiger partial charge in [-0.3, -0.25) is 4.79 Å². The summed E-state index contributed by atoms with van der Waals surface area (Å²) in [6.07, 6.45) is 1.29. The van der Waals surface area contributed by atoms with E-state index in [0.717, 1.165) is 16.5 Å². The molecule has 1 atom stereocenters. The van der Waals surface area contributed by atoms with Crippen LogP contribution in [0.2, 0.25) is 0 Å². The van der Waals surface area contributed by atoms with E-state index < -0.39 is 11.9 Å². The average molecular weight is 341 g/mol. The number of carbonyl (C=O) groups is 2. The van der Waals surface area contributed by atoms with Gasteiger partial charge >= 0.3 is 12.0 Å². The first-order chi connectivity index (χ1) is 9.56. The molecule has 0 saturated carbocycles. The summed E-state index contributed by atoms with van der Waals surface area (Å²) >= 11 is 3.41. The fraction of sp³-hybridized carbons (Fsp3) is 0.429. The lowest BCUT2D eigenvalue weighted by atomic mass is 10.1. The van der Waals surface area contributed by atoms with Gasteiger partial charge in [0.25, 0.3) is 0 Å². The molecule has 5 nitrogen and oxygen atoms in total. The van der Waals surface area contributed by atoms with E-state index in [2.05, 4.69) is 21.2 Å². The van der Waals surface area contributed by atoms with Crippen LogP contribution in [0.3, 0.4) is 0 Å². The number of carboxylic acids is 1. The Morgan fingerprint density at radius 1 is 1.45 bits per heavy atom. The average Bonchev–Trinajstić information content (AvgIpc) is 2.88. The lowest BCUT2D eigenvalue weighted by Crippen LogP contribution is -2.39. The topological polar surface area (TPSA) is 69.6 Å². The number of benzene rings is 1. The van der Waals surface area contributed by atoms with Gasteiger partial charge in [-0.05, 0) is 30.5 Å². The third-order valence-corrected chi connectivity index (χ3v) is 3.90. The second kappa shape index (κ2) is 6.74. The quantitative estimate of drug-likeness (QED) is 0.881. The molecule has 1 aliphatic heterocycles. The highest BCUT2D eigenvalue weighted by Crippen LogP contribution is 2.16. The highest BCUT2D eigenvalue weighted by Gasteiger charge is 2.30. The first-order valence-corrected chi connectivity index (χ1v) is 7.35. The molecular weight excluding hydrogens is 324 g/mol. The van der Waals surface area contributed by atoms with Crippen LogP contribution in [0, 0.1) is 5.92 Å². The molecule has 2 amide bonds. The Bertz CT molecular complexity index is 507. The van der Waals surface area contributed by atoms with Crippen molar-refractivity contribution >= 4 is 27.9 Å². The van der Waals surface area contributed by atoms with Crippen molar-refractivity contribution in [2.24, 2.45) is 5.92 Å². The van der Waals surface area contributed by atoms with E-state index in [1.165, 1.54) is 0 Å². The predicted molar refractivity (Wildman–Crippen MR) is 78.6 cm³/mol. The molecule has 1 saturated heterocycles. The Hall–Kier alpha value is -1.56. The Kier molecular flexibility index (Phi) is 5.00. The number of hydrogen-bond donors (Lipinski definition) is 2. The lowest BCUT2D eigenvalue weighted by molar-refractivity contribution is -0.141. The van der Waals surface area contributed by atoms with Crippen LogP contribution in [0.4, 0.5) is 4.79 Å². The zero-order valence-electron chi connectivity index (χ0n) is 11.0. The van der Waals surface area contributed by atoms with E-state index in [1.54, 1.807) is 4.90 Å². The van der Waals surface area contributed by atoms with Gasteiger partial charge < -0.3 is 15.3 Å². The first kappa shape index (κ1) is 14.8. The molecule has 0 aliphatic carbocycles. The normalized spacial score (nSPS) is 18.1. The van der Waals surface area contributed by atoms with Gasteiger partial charge in [-0.25, -0.2) is 4.79 Å². The maximum absolute atomic E-state index is 11.9. The van der Waals surface area contributed by atoms with Crippen molar-refractivity contribution in [3.05, 3.63) is 34.3 Å². The number of aliphatic carboxylic acids is 1. The summed E-state index contributed by atoms with van der Waals surface area (Å²) in [5, 5.41) is 11.7. The Balaban J connectivity index is 1.75. The summed E-state index contributed by atoms with van der Waals surface area (Å²) in [5.74, 6) is -1.25. The maximum Gasteiger partial charge on any atom is 0.317 e. The molecule has 0 spiro atoms. The summed E-state index contributed by atoms with van der Waals surface area (Å²) in [7, 11) is 0. The van der Waals surface area contributed by atoms with E-state index >= 15 is 0 Å². The van der Waals surface area contributed by atoms with Gasteiger partial charge in [0, 0.05) is 24.1 Å². The summed E-state index contributed by atoms with van der Waals surface area (Å²) in [6, 6.07) is 7.76. The van der Waals surface area contributed by atoms with E-state index in [1.807, 2.05) is 24.3 Å². The predicted octanol–water partition coefficient (Wildman–Crippen LogP) is 2.11. The highest BCUT2D eigenvalue weighted by atomic mass is 79.9. The van der Waals surface area contributed by atoms with Crippen molar-refractivity contribution in [2.45, 2.75) is 12.8 Å². The molecule has 1 unspecified atom stereocenters. The summed E-state index contributed by atoms with van der Waals surface area (Å²) in [4.78, 5) is 24.3. The molecule has 1 aromatic carbocycles. The maximum atomic E-state index is 11.9. The number of amides is 2. The molecule has 1 aromatic rings. The Morgan fingerprint density at radius 2 is 2.25 bits per heavy atom. The van der Waals surface area contributed by atoms with Crippen molar-refractivity contribution in [3.63, 3.8) is 0 Å². The van der Waals surface area contributed by atoms with Gasteiger partial charge in [-0.15, -0.1) is 0 Å². The van der Waals surface area contributed by atoms with E-state index in [-0.39, 0.29) is 6.03 Å². The molecule has 20 heavy (non-hydrogen) atoms. The standard InChI is InChI=1S/C14H17BrN2O3/c15-12-3-1-2-10(8-12)4-6-16-14(20)17-7-5-11(9-17)13(18)19/h1-3,8,11H,4-7,9H2,(H,16,20)(H,18,19). The summed E-state index contributed by atoms with van der Waals surface area (Å²) in [6.45, 7) is 1.36. The molecule has 2 N–H and O–H groups in total. The van der Waals surface area contributed by atoms with Crippen molar-refractivity contribution in [2.75, 3.05) is 19.6 Å². The first-order valence-electron chi connectivity index (χ1n) is 6.56. The van der Waals surface area contributed by atoms with E-state index in [0.29, 0.717) is 26.1 Å². The van der Waals surface area contributed by atoms with Crippen LogP contribution in [-0.2, 0) is 11.2 Å². The Labute approximate surface area is 126 Å². The number of carboxylic acid groups (broad SMARTS) is 1. The number of rotatable bonds is 4. The molecule has 1 fully saturated rings. The van der Waals surface area contributed by atoms with Gasteiger partial charge in [0.2, 0.25) is 0 Å². The minimum absolute atomic E-state index is 0.177. The van der Waals surface area contributed by atoms with Crippen LogP contribution in [0.1, 0.15) is 12.0 Å². The molecular formula is C14H17BrN2O3. The van der Waals surface area contributed by atoms with Crippen LogP contribution >= 0.6 is 15.9 Å². The van der Waals surface area contributed by atoms with Crippen LogP contribution < -0.4 is 5.32 Å². The van der Waals surface area contributed by atoms with E-state index in [4.69, 9.17) is 5.11 Å². The monoisotopic (exact) mass is 340 g/mol. The van der Waals surface area contributed by atoms with Crippen LogP contribution in [0.5, 0.6) is 0 Å². The Morgan fingerprint density at radius 3 is 2.90 bits per heavy atom. The minimum atomic E-state index is -0.825. The molecule has 2 rings (SSSR count). The molecule has 1 heterocycles. The van der Waals surface area contributed by atoms with Crippen molar-refractivity contribution in [3.8, 4) is 0 Å². The number of urea groups is 1. The fourth-order valence-corrected chi connectivity index (χ4v) is 2.71. The highest BCUT2D eigenvalue weighted by molar-refractivity contribution is 9.10. The molecule has 0 bridgehead atoms. The summed E-state index contributed by atoms with van der Waals surface area (Å²) in [5.41, 5.74) is 1.14. The van der Waals surface area contributed by atoms with Crippen molar-refractivity contribution < 1.29 is 14.7 Å². The van der Waals surface area contributed by atoms with Gasteiger partial charge in [0.15, 0.2) is 0 Å². The zero-order valence-corrected chi connectivity index (χ0v) is 12.6. The fourth-order valence-electron chi connectivity index (χ4n) is 2.26.